The second-order valence-electron chi connectivity index (χ2n) is 12.8. The van der Waals surface area contributed by atoms with E-state index in [1.807, 2.05) is 0 Å². The van der Waals surface area contributed by atoms with Gasteiger partial charge < -0.3 is 50.3 Å². The second-order valence-corrected chi connectivity index (χ2v) is 14.8. The molecule has 0 aliphatic carbocycles. The molecule has 0 saturated carbocycles. The number of aromatic nitrogens is 6. The van der Waals surface area contributed by atoms with Crippen molar-refractivity contribution in [1.29, 1.82) is 0 Å². The van der Waals surface area contributed by atoms with Crippen LogP contribution in [0.2, 0.25) is 0 Å². The molecule has 26 heteroatoms. The van der Waals surface area contributed by atoms with E-state index >= 15 is 4.39 Å². The molecule has 21 nitrogen and oxygen atoms in total. The summed E-state index contributed by atoms with van der Waals surface area (Å²) in [7, 11) is 0. The summed E-state index contributed by atoms with van der Waals surface area (Å²) in [4.78, 5) is 99.9. The predicted octanol–water partition coefficient (Wildman–Crippen LogP) is -9.54. The molecule has 0 bridgehead atoms. The van der Waals surface area contributed by atoms with Crippen molar-refractivity contribution in [3.8, 4) is 5.75 Å². The van der Waals surface area contributed by atoms with E-state index in [0.29, 0.717) is 32.6 Å². The quantitative estimate of drug-likeness (QED) is 0.0420. The number of hydrogen-bond donors (Lipinski definition) is 4. The summed E-state index contributed by atoms with van der Waals surface area (Å²) in [5, 5.41) is 47.8. The molecule has 296 valence electrons. The van der Waals surface area contributed by atoms with Gasteiger partial charge >= 0.3 is 59.1 Å². The van der Waals surface area contributed by atoms with Crippen molar-refractivity contribution in [1.82, 2.24) is 50.6 Å². The largest absolute Gasteiger partial charge is 1.00 e. The standard InChI is InChI=1S/C33H30FN11O10S2.2Na/c34-20-9-18-25(50)19(10-35-26(18)38-27(20)43-7-5-42(14-46)6-8-43)28(51)36-22(15-1-3-17(47)4-2-15)29(52)37-23-30(53)45-24(32(54)55)16(12-56-31(23)45)13-57-33-39-40-41-44(33)11-21(48)49;;/h1-4,9-10,14,22-23,31,47H,5-8,11-13H2,(H,36,51)(H,37,52)(H,48,49)(H,54,55)(H,35,38,50);;/q;2*+1/p-2/t22?,23?,31-;;/m0../s1. The van der Waals surface area contributed by atoms with Crippen LogP contribution in [0.1, 0.15) is 22.0 Å². The molecule has 6 heterocycles. The number of phenols is 1. The van der Waals surface area contributed by atoms with E-state index in [1.165, 1.54) is 29.2 Å². The number of nitrogens with zero attached hydrogens (tertiary/aromatic N) is 8. The zero-order valence-corrected chi connectivity index (χ0v) is 36.7. The van der Waals surface area contributed by atoms with E-state index in [0.717, 1.165) is 45.4 Å². The molecular formula is C33H28FN11Na2O10S2. The van der Waals surface area contributed by atoms with Gasteiger partial charge in [0, 0.05) is 43.9 Å². The Morgan fingerprint density at radius 1 is 1.10 bits per heavy atom. The first-order valence-corrected chi connectivity index (χ1v) is 18.9. The van der Waals surface area contributed by atoms with Crippen LogP contribution in [0.25, 0.3) is 11.0 Å². The SMILES string of the molecule is O=CN1CCN(c2nc3[nH]cc(C(=O)NC(C(=O)NC4C(=O)N5C(C(=O)[O-])=C(CSc6nnnn6CC(=O)[O-])CS[C@@H]45)c4ccc(O)cc4)c(=O)c3cc2F)CC1.[Na+].[Na+]. The van der Waals surface area contributed by atoms with Crippen LogP contribution in [0, 0.1) is 5.82 Å². The number of amides is 4. The third-order valence-corrected chi connectivity index (χ3v) is 11.6. The molecule has 1 aromatic carbocycles. The van der Waals surface area contributed by atoms with Gasteiger partial charge in [-0.1, -0.05) is 23.9 Å². The number of pyridine rings is 2. The first kappa shape index (κ1) is 45.5. The van der Waals surface area contributed by atoms with Crippen molar-refractivity contribution in [3.63, 3.8) is 0 Å². The molecule has 3 aromatic heterocycles. The Balaban J connectivity index is 0.00000331. The maximum atomic E-state index is 15.3. The van der Waals surface area contributed by atoms with E-state index < -0.39 is 76.2 Å². The Labute approximate surface area is 384 Å². The number of aliphatic carboxylic acids is 2. The molecule has 7 rings (SSSR count). The molecule has 4 N–H and O–H groups in total. The molecule has 59 heavy (non-hydrogen) atoms. The van der Waals surface area contributed by atoms with Crippen molar-refractivity contribution >= 4 is 76.4 Å². The number of anilines is 1. The molecule has 2 unspecified atom stereocenters. The number of benzene rings is 1. The number of rotatable bonds is 13. The molecule has 3 aliphatic heterocycles. The number of H-pyrrole nitrogens is 1. The van der Waals surface area contributed by atoms with E-state index in [-0.39, 0.29) is 110 Å². The number of carbonyl (C=O) groups is 6. The average molecular weight is 868 g/mol. The number of nitrogens with one attached hydrogen (secondary N) is 3. The fourth-order valence-corrected chi connectivity index (χ4v) is 8.77. The summed E-state index contributed by atoms with van der Waals surface area (Å²) in [6.07, 6.45) is 1.76. The van der Waals surface area contributed by atoms with E-state index in [1.54, 1.807) is 4.90 Å². The maximum Gasteiger partial charge on any atom is 1.00 e. The fourth-order valence-electron chi connectivity index (χ4n) is 6.41. The predicted molar refractivity (Wildman–Crippen MR) is 191 cm³/mol. The minimum atomic E-state index is -1.66. The molecule has 2 fully saturated rings. The van der Waals surface area contributed by atoms with Crippen LogP contribution in [-0.4, -0.2) is 130 Å². The number of aromatic amines is 1. The van der Waals surface area contributed by atoms with E-state index in [9.17, 15) is 48.9 Å². The van der Waals surface area contributed by atoms with Crippen LogP contribution in [0.5, 0.6) is 5.75 Å². The van der Waals surface area contributed by atoms with Gasteiger partial charge in [0.05, 0.1) is 29.6 Å². The van der Waals surface area contributed by atoms with Crippen molar-refractivity contribution in [2.45, 2.75) is 29.2 Å². The summed E-state index contributed by atoms with van der Waals surface area (Å²) in [5.74, 6) is -6.91. The second kappa shape index (κ2) is 19.2. The Bertz CT molecular complexity index is 2410. The smallest absolute Gasteiger partial charge is 0.548 e. The number of β-lactam (4-membered cyclic amide) rings is 1. The molecular weight excluding hydrogens is 840 g/mol. The first-order chi connectivity index (χ1) is 27.3. The summed E-state index contributed by atoms with van der Waals surface area (Å²) in [5.41, 5.74) is -1.45. The van der Waals surface area contributed by atoms with Crippen molar-refractivity contribution < 1.29 is 108 Å². The Kier molecular flexibility index (Phi) is 14.8. The zero-order chi connectivity index (χ0) is 40.5. The monoisotopic (exact) mass is 867 g/mol. The van der Waals surface area contributed by atoms with Crippen LogP contribution >= 0.6 is 23.5 Å². The van der Waals surface area contributed by atoms with Crippen LogP contribution in [0.4, 0.5) is 10.2 Å². The molecule has 0 spiro atoms. The maximum absolute atomic E-state index is 15.3. The van der Waals surface area contributed by atoms with Crippen molar-refractivity contribution in [3.05, 3.63) is 75.0 Å². The molecule has 4 amide bonds. The Morgan fingerprint density at radius 2 is 1.81 bits per heavy atom. The fraction of sp³-hybridized carbons (Fsp3) is 0.303. The number of aromatic hydroxyl groups is 1. The number of hydrogen-bond acceptors (Lipinski definition) is 17. The Morgan fingerprint density at radius 3 is 2.47 bits per heavy atom. The number of carbonyl (C=O) groups excluding carboxylic acids is 6. The van der Waals surface area contributed by atoms with Gasteiger partial charge in [-0.2, -0.15) is 0 Å². The molecule has 4 aromatic rings. The minimum absolute atomic E-state index is 0. The van der Waals surface area contributed by atoms with Gasteiger partial charge in [0.25, 0.3) is 11.8 Å². The van der Waals surface area contributed by atoms with Gasteiger partial charge in [0.1, 0.15) is 34.4 Å². The van der Waals surface area contributed by atoms with Gasteiger partial charge in [-0.05, 0) is 39.8 Å². The average Bonchev–Trinajstić information content (AvgIpc) is 3.64. The normalized spacial score (nSPS) is 17.8. The van der Waals surface area contributed by atoms with Gasteiger partial charge in [0.15, 0.2) is 11.6 Å². The van der Waals surface area contributed by atoms with Crippen molar-refractivity contribution in [2.75, 3.05) is 42.6 Å². The summed E-state index contributed by atoms with van der Waals surface area (Å²) in [6.45, 7) is 0.661. The number of halogens is 1. The van der Waals surface area contributed by atoms with Crippen LogP contribution in [0.3, 0.4) is 0 Å². The van der Waals surface area contributed by atoms with Gasteiger partial charge in [-0.25, -0.2) is 14.1 Å². The number of phenolic OH excluding ortho intramolecular Hbond substituents is 1. The number of carboxylic acid groups (broad SMARTS) is 2. The van der Waals surface area contributed by atoms with Crippen LogP contribution < -0.4 is 90.3 Å². The van der Waals surface area contributed by atoms with E-state index in [2.05, 4.69) is 36.1 Å². The number of thioether (sulfide) groups is 2. The van der Waals surface area contributed by atoms with Gasteiger partial charge in [-0.15, -0.1) is 16.9 Å². The molecule has 3 atom stereocenters. The Hall–Kier alpha value is -4.56. The summed E-state index contributed by atoms with van der Waals surface area (Å²) >= 11 is 2.05. The number of piperazine rings is 1. The van der Waals surface area contributed by atoms with Crippen molar-refractivity contribution in [2.24, 2.45) is 0 Å². The molecule has 0 radical (unpaired) electrons. The summed E-state index contributed by atoms with van der Waals surface area (Å²) in [6, 6.07) is 3.28. The van der Waals surface area contributed by atoms with Crippen LogP contribution in [-0.2, 0) is 30.5 Å². The topological polar surface area (TPSA) is 292 Å². The first-order valence-electron chi connectivity index (χ1n) is 16.9. The minimum Gasteiger partial charge on any atom is -0.548 e. The molecule has 2 saturated heterocycles. The van der Waals surface area contributed by atoms with Gasteiger partial charge in [-0.3, -0.25) is 28.9 Å². The van der Waals surface area contributed by atoms with Crippen LogP contribution in [0.15, 0.2) is 57.7 Å². The number of fused-ring (bicyclic) bond motifs is 2. The van der Waals surface area contributed by atoms with E-state index in [4.69, 9.17) is 0 Å². The molecule has 3 aliphatic rings. The zero-order valence-electron chi connectivity index (χ0n) is 31.1. The third-order valence-electron chi connectivity index (χ3n) is 9.26. The van der Waals surface area contributed by atoms with Gasteiger partial charge in [0.2, 0.25) is 22.9 Å². The number of tetrazole rings is 1. The number of carboxylic acids is 2. The third kappa shape index (κ3) is 9.43. The summed E-state index contributed by atoms with van der Waals surface area (Å²) < 4.78 is 16.3.